The van der Waals surface area contributed by atoms with Crippen LogP contribution >= 0.6 is 11.3 Å². The van der Waals surface area contributed by atoms with Gasteiger partial charge in [0.05, 0.1) is 11.4 Å². The molecule has 2 heterocycles. The van der Waals surface area contributed by atoms with Gasteiger partial charge in [-0.3, -0.25) is 9.11 Å². The predicted molar refractivity (Wildman–Crippen MR) is 171 cm³/mol. The van der Waals surface area contributed by atoms with Crippen LogP contribution in [0.25, 0.3) is 27.4 Å². The van der Waals surface area contributed by atoms with Crippen molar-refractivity contribution in [1.29, 1.82) is 0 Å². The lowest BCUT2D eigenvalue weighted by atomic mass is 10.0. The van der Waals surface area contributed by atoms with Gasteiger partial charge in [0.2, 0.25) is 11.4 Å². The van der Waals surface area contributed by atoms with E-state index in [0.29, 0.717) is 23.7 Å². The number of anilines is 1. The highest BCUT2D eigenvalue weighted by Gasteiger charge is 2.29. The number of aryl methyl sites for hydroxylation is 3. The lowest BCUT2D eigenvalue weighted by Crippen LogP contribution is -2.38. The van der Waals surface area contributed by atoms with Crippen molar-refractivity contribution in [1.82, 2.24) is 0 Å². The van der Waals surface area contributed by atoms with E-state index in [2.05, 4.69) is 6.07 Å². The van der Waals surface area contributed by atoms with Crippen LogP contribution in [0.4, 0.5) is 5.69 Å². The predicted octanol–water partition coefficient (Wildman–Crippen LogP) is 5.78. The zero-order valence-corrected chi connectivity index (χ0v) is 26.5. The third-order valence-electron chi connectivity index (χ3n) is 7.36. The van der Waals surface area contributed by atoms with Crippen molar-refractivity contribution >= 4 is 53.6 Å². The fourth-order valence-corrected chi connectivity index (χ4v) is 6.99. The number of aromatic nitrogens is 1. The van der Waals surface area contributed by atoms with Gasteiger partial charge < -0.3 is 9.64 Å². The Labute approximate surface area is 255 Å². The molecule has 0 atom stereocenters. The van der Waals surface area contributed by atoms with Gasteiger partial charge in [-0.25, -0.2) is 0 Å². The molecule has 1 aliphatic rings. The van der Waals surface area contributed by atoms with E-state index >= 15 is 0 Å². The number of rotatable bonds is 10. The van der Waals surface area contributed by atoms with Crippen LogP contribution in [0.15, 0.2) is 78.2 Å². The Kier molecular flexibility index (Phi) is 8.77. The molecule has 0 saturated carbocycles. The first kappa shape index (κ1) is 30.9. The SMILES string of the molecule is CCC(=Cc1sc2cc(C)c(C)cc2[n+]1CCS(=O)(=O)O)C=C1Oc2ccc(-c3ccccc3)cc2N1CCS(=O)(=O)O. The molecule has 0 bridgehead atoms. The first-order valence-corrected chi connectivity index (χ1v) is 17.8. The van der Waals surface area contributed by atoms with E-state index in [1.54, 1.807) is 4.90 Å². The standard InChI is InChI=1S/C31H32N2O7S3/c1-4-23(19-31-33(13-15-43(37,38)39)27-16-21(2)22(3)17-29(27)41-31)18-30-32(12-14-42(34,35)36)26-20-25(10-11-28(26)40-30)24-8-6-5-7-9-24/h5-11,16-20H,4,12-15H2,1-3H3,(H-,34,35,36,37,38,39)/p+1. The highest BCUT2D eigenvalue weighted by Crippen LogP contribution is 2.42. The van der Waals surface area contributed by atoms with E-state index in [1.165, 1.54) is 11.3 Å². The fourth-order valence-electron chi connectivity index (χ4n) is 4.92. The molecule has 0 fully saturated rings. The van der Waals surface area contributed by atoms with Crippen LogP contribution in [0.3, 0.4) is 0 Å². The number of hydrogen-bond donors (Lipinski definition) is 2. The summed E-state index contributed by atoms with van der Waals surface area (Å²) in [7, 11) is -8.42. The summed E-state index contributed by atoms with van der Waals surface area (Å²) in [6.45, 7) is 6.05. The van der Waals surface area contributed by atoms with Crippen LogP contribution in [0.5, 0.6) is 5.75 Å². The molecule has 43 heavy (non-hydrogen) atoms. The summed E-state index contributed by atoms with van der Waals surface area (Å²) in [5, 5.41) is 0.795. The zero-order valence-electron chi connectivity index (χ0n) is 24.0. The average Bonchev–Trinajstić information content (AvgIpc) is 3.45. The fraction of sp³-hybridized carbons (Fsp3) is 0.258. The lowest BCUT2D eigenvalue weighted by Gasteiger charge is -2.18. The molecular weight excluding hydrogens is 609 g/mol. The van der Waals surface area contributed by atoms with Crippen molar-refractivity contribution in [2.75, 3.05) is 23.0 Å². The summed E-state index contributed by atoms with van der Waals surface area (Å²) in [5.74, 6) is 0.0613. The second-order valence-corrected chi connectivity index (χ2v) is 14.6. The number of allylic oxidation sites excluding steroid dienone is 2. The molecule has 3 aromatic carbocycles. The van der Waals surface area contributed by atoms with Gasteiger partial charge in [-0.05, 0) is 66.3 Å². The Balaban J connectivity index is 1.58. The molecular formula is C31H33N2O7S3+. The molecule has 1 aromatic heterocycles. The molecule has 0 spiro atoms. The Morgan fingerprint density at radius 1 is 0.930 bits per heavy atom. The van der Waals surface area contributed by atoms with E-state index < -0.39 is 31.7 Å². The summed E-state index contributed by atoms with van der Waals surface area (Å²) in [6, 6.07) is 19.6. The Hall–Kier alpha value is -3.55. The third-order valence-corrected chi connectivity index (χ3v) is 9.85. The number of fused-ring (bicyclic) bond motifs is 2. The molecule has 0 amide bonds. The normalized spacial score (nSPS) is 14.9. The van der Waals surface area contributed by atoms with Crippen LogP contribution in [0.2, 0.25) is 0 Å². The van der Waals surface area contributed by atoms with Crippen molar-refractivity contribution < 1.29 is 35.2 Å². The number of ether oxygens (including phenoxy) is 1. The second kappa shape index (κ2) is 12.2. The van der Waals surface area contributed by atoms with Crippen LogP contribution < -0.4 is 14.2 Å². The van der Waals surface area contributed by atoms with Gasteiger partial charge in [-0.15, -0.1) is 0 Å². The number of benzene rings is 3. The van der Waals surface area contributed by atoms with Gasteiger partial charge in [0.25, 0.3) is 25.2 Å². The minimum Gasteiger partial charge on any atom is -0.439 e. The first-order valence-electron chi connectivity index (χ1n) is 13.7. The van der Waals surface area contributed by atoms with E-state index in [4.69, 9.17) is 4.74 Å². The molecule has 0 unspecified atom stereocenters. The molecule has 0 radical (unpaired) electrons. The molecule has 5 rings (SSSR count). The summed E-state index contributed by atoms with van der Waals surface area (Å²) >= 11 is 1.51. The molecule has 0 saturated heterocycles. The topological polar surface area (TPSA) is 125 Å². The number of hydrogen-bond acceptors (Lipinski definition) is 7. The van der Waals surface area contributed by atoms with Crippen LogP contribution in [0.1, 0.15) is 29.5 Å². The van der Waals surface area contributed by atoms with E-state index in [0.717, 1.165) is 43.1 Å². The molecule has 2 N–H and O–H groups in total. The molecule has 12 heteroatoms. The number of nitrogens with zero attached hydrogens (tertiary/aromatic N) is 2. The smallest absolute Gasteiger partial charge is 0.271 e. The van der Waals surface area contributed by atoms with Crippen molar-refractivity contribution in [3.63, 3.8) is 0 Å². The average molecular weight is 642 g/mol. The van der Waals surface area contributed by atoms with Crippen LogP contribution in [-0.2, 0) is 26.8 Å². The minimum atomic E-state index is -4.24. The first-order chi connectivity index (χ1) is 20.3. The largest absolute Gasteiger partial charge is 0.439 e. The maximum absolute atomic E-state index is 11.7. The number of thiazole rings is 1. The molecule has 1 aliphatic heterocycles. The van der Waals surface area contributed by atoms with E-state index in [1.807, 2.05) is 92.1 Å². The maximum Gasteiger partial charge on any atom is 0.271 e. The quantitative estimate of drug-likeness (QED) is 0.165. The summed E-state index contributed by atoms with van der Waals surface area (Å²) < 4.78 is 74.8. The second-order valence-electron chi connectivity index (χ2n) is 10.4. The third kappa shape index (κ3) is 7.34. The summed E-state index contributed by atoms with van der Waals surface area (Å²) in [4.78, 5) is 1.74. The molecule has 4 aromatic rings. The molecule has 9 nitrogen and oxygen atoms in total. The lowest BCUT2D eigenvalue weighted by molar-refractivity contribution is -0.664. The Morgan fingerprint density at radius 2 is 1.63 bits per heavy atom. The van der Waals surface area contributed by atoms with Gasteiger partial charge in [0, 0.05) is 24.8 Å². The molecule has 226 valence electrons. The Bertz CT molecular complexity index is 1960. The van der Waals surface area contributed by atoms with Crippen molar-refractivity contribution in [3.8, 4) is 16.9 Å². The van der Waals surface area contributed by atoms with Gasteiger partial charge in [0.15, 0.2) is 12.3 Å². The van der Waals surface area contributed by atoms with Crippen molar-refractivity contribution in [2.24, 2.45) is 0 Å². The van der Waals surface area contributed by atoms with Gasteiger partial charge in [-0.2, -0.15) is 21.4 Å². The van der Waals surface area contributed by atoms with Gasteiger partial charge in [-0.1, -0.05) is 54.7 Å². The summed E-state index contributed by atoms with van der Waals surface area (Å²) in [5.41, 5.74) is 6.52. The van der Waals surface area contributed by atoms with Crippen molar-refractivity contribution in [3.05, 3.63) is 94.3 Å². The molecule has 0 aliphatic carbocycles. The zero-order chi connectivity index (χ0) is 30.9. The Morgan fingerprint density at radius 3 is 2.30 bits per heavy atom. The van der Waals surface area contributed by atoms with Gasteiger partial charge >= 0.3 is 0 Å². The minimum absolute atomic E-state index is 0.0251. The van der Waals surface area contributed by atoms with E-state index in [-0.39, 0.29) is 13.1 Å². The highest BCUT2D eigenvalue weighted by atomic mass is 32.2. The highest BCUT2D eigenvalue weighted by molar-refractivity contribution is 7.86. The van der Waals surface area contributed by atoms with Gasteiger partial charge in [0.1, 0.15) is 10.5 Å². The monoisotopic (exact) mass is 641 g/mol. The van der Waals surface area contributed by atoms with E-state index in [9.17, 15) is 25.9 Å². The maximum atomic E-state index is 11.7. The van der Waals surface area contributed by atoms with Crippen molar-refractivity contribution in [2.45, 2.75) is 33.7 Å². The van der Waals surface area contributed by atoms with Crippen LogP contribution in [-0.4, -0.2) is 44.0 Å². The van der Waals surface area contributed by atoms with Crippen LogP contribution in [0, 0.1) is 13.8 Å². The summed E-state index contributed by atoms with van der Waals surface area (Å²) in [6.07, 6.45) is 4.38.